The zero-order chi connectivity index (χ0) is 8.32. The maximum Gasteiger partial charge on any atom is 0.0735 e. The molecule has 0 spiro atoms. The Morgan fingerprint density at radius 2 is 2.09 bits per heavy atom. The third-order valence-electron chi connectivity index (χ3n) is 2.66. The Labute approximate surface area is 73.7 Å². The Kier molecular flexibility index (Phi) is 2.99. The van der Waals surface area contributed by atoms with Crippen molar-refractivity contribution in [2.75, 3.05) is 12.3 Å². The average molecular weight is 171 g/mol. The molecule has 0 aromatic carbocycles. The first-order valence-electron chi connectivity index (χ1n) is 4.40. The predicted octanol–water partition coefficient (Wildman–Crippen LogP) is 2.96. The maximum absolute atomic E-state index is 4.53. The molecule has 0 fully saturated rings. The molecule has 0 amide bonds. The van der Waals surface area contributed by atoms with E-state index in [4.69, 9.17) is 0 Å². The van der Waals surface area contributed by atoms with Crippen molar-refractivity contribution in [2.45, 2.75) is 33.6 Å². The smallest absolute Gasteiger partial charge is 0.0735 e. The molecule has 64 valence electrons. The summed E-state index contributed by atoms with van der Waals surface area (Å²) in [6.07, 6.45) is 2.44. The molecule has 1 rings (SSSR count). The van der Waals surface area contributed by atoms with E-state index < -0.39 is 0 Å². The number of thioether (sulfide) groups is 1. The van der Waals surface area contributed by atoms with Crippen molar-refractivity contribution in [3.05, 3.63) is 0 Å². The van der Waals surface area contributed by atoms with Gasteiger partial charge in [-0.1, -0.05) is 20.8 Å². The molecule has 0 atom stereocenters. The largest absolute Gasteiger partial charge is 0.281 e. The first-order valence-corrected chi connectivity index (χ1v) is 5.39. The summed E-state index contributed by atoms with van der Waals surface area (Å²) in [5.41, 5.74) is 0.376. The summed E-state index contributed by atoms with van der Waals surface area (Å²) in [6, 6.07) is 0. The standard InChI is InChI=1S/C9H17NS/c1-4-9(3,5-2)8-10-6-7-11-8/h4-7H2,1-3H3. The highest BCUT2D eigenvalue weighted by Crippen LogP contribution is 2.35. The van der Waals surface area contributed by atoms with Crippen LogP contribution in [0.3, 0.4) is 0 Å². The van der Waals surface area contributed by atoms with Crippen molar-refractivity contribution in [2.24, 2.45) is 10.4 Å². The SMILES string of the molecule is CCC(C)(CC)C1=NCCS1. The molecule has 0 radical (unpaired) electrons. The van der Waals surface area contributed by atoms with Gasteiger partial charge in [0.2, 0.25) is 0 Å². The molecule has 0 unspecified atom stereocenters. The molecular formula is C9H17NS. The summed E-state index contributed by atoms with van der Waals surface area (Å²) in [6.45, 7) is 7.87. The molecule has 1 aliphatic rings. The fourth-order valence-electron chi connectivity index (χ4n) is 1.25. The van der Waals surface area contributed by atoms with Gasteiger partial charge in [-0.2, -0.15) is 0 Å². The monoisotopic (exact) mass is 171 g/mol. The van der Waals surface area contributed by atoms with Gasteiger partial charge in [-0.3, -0.25) is 4.99 Å². The van der Waals surface area contributed by atoms with E-state index >= 15 is 0 Å². The Morgan fingerprint density at radius 3 is 2.45 bits per heavy atom. The Balaban J connectivity index is 2.67. The highest BCUT2D eigenvalue weighted by atomic mass is 32.2. The third-order valence-corrected chi connectivity index (χ3v) is 3.94. The number of nitrogens with zero attached hydrogens (tertiary/aromatic N) is 1. The van der Waals surface area contributed by atoms with Crippen molar-refractivity contribution >= 4 is 16.8 Å². The van der Waals surface area contributed by atoms with Gasteiger partial charge in [0.15, 0.2) is 0 Å². The second-order valence-corrected chi connectivity index (χ2v) is 4.39. The van der Waals surface area contributed by atoms with Gasteiger partial charge in [-0.05, 0) is 12.8 Å². The van der Waals surface area contributed by atoms with E-state index in [-0.39, 0.29) is 0 Å². The highest BCUT2D eigenvalue weighted by molar-refractivity contribution is 8.14. The minimum Gasteiger partial charge on any atom is -0.281 e. The van der Waals surface area contributed by atoms with Crippen LogP contribution in [0.25, 0.3) is 0 Å². The molecule has 0 N–H and O–H groups in total. The zero-order valence-corrected chi connectivity index (χ0v) is 8.50. The van der Waals surface area contributed by atoms with Gasteiger partial charge in [0, 0.05) is 17.7 Å². The van der Waals surface area contributed by atoms with Crippen LogP contribution in [0.5, 0.6) is 0 Å². The predicted molar refractivity (Wildman–Crippen MR) is 53.4 cm³/mol. The van der Waals surface area contributed by atoms with Crippen LogP contribution in [-0.2, 0) is 0 Å². The van der Waals surface area contributed by atoms with Crippen LogP contribution in [0.15, 0.2) is 4.99 Å². The van der Waals surface area contributed by atoms with Gasteiger partial charge in [-0.25, -0.2) is 0 Å². The molecule has 1 heterocycles. The van der Waals surface area contributed by atoms with Crippen LogP contribution < -0.4 is 0 Å². The first-order chi connectivity index (χ1) is 5.23. The minimum atomic E-state index is 0.376. The summed E-state index contributed by atoms with van der Waals surface area (Å²) < 4.78 is 0. The van der Waals surface area contributed by atoms with Crippen molar-refractivity contribution in [3.63, 3.8) is 0 Å². The van der Waals surface area contributed by atoms with E-state index in [0.29, 0.717) is 5.41 Å². The molecule has 1 nitrogen and oxygen atoms in total. The molecular weight excluding hydrogens is 154 g/mol. The second-order valence-electron chi connectivity index (χ2n) is 3.30. The van der Waals surface area contributed by atoms with Crippen LogP contribution in [0.2, 0.25) is 0 Å². The Bertz CT molecular complexity index is 159. The van der Waals surface area contributed by atoms with Crippen molar-refractivity contribution in [1.29, 1.82) is 0 Å². The average Bonchev–Trinajstić information content (AvgIpc) is 2.55. The van der Waals surface area contributed by atoms with Crippen LogP contribution >= 0.6 is 11.8 Å². The molecule has 0 saturated carbocycles. The number of rotatable bonds is 3. The summed E-state index contributed by atoms with van der Waals surface area (Å²) in [5.74, 6) is 1.20. The van der Waals surface area contributed by atoms with Gasteiger partial charge in [0.25, 0.3) is 0 Å². The van der Waals surface area contributed by atoms with E-state index in [1.165, 1.54) is 23.6 Å². The van der Waals surface area contributed by atoms with Crippen LogP contribution in [0.4, 0.5) is 0 Å². The van der Waals surface area contributed by atoms with Crippen molar-refractivity contribution < 1.29 is 0 Å². The lowest BCUT2D eigenvalue weighted by molar-refractivity contribution is 0.440. The molecule has 2 heteroatoms. The van der Waals surface area contributed by atoms with Gasteiger partial charge in [0.05, 0.1) is 5.04 Å². The summed E-state index contributed by atoms with van der Waals surface area (Å²) >= 11 is 1.95. The Morgan fingerprint density at radius 1 is 1.45 bits per heavy atom. The summed E-state index contributed by atoms with van der Waals surface area (Å²) in [7, 11) is 0. The molecule has 11 heavy (non-hydrogen) atoms. The lowest BCUT2D eigenvalue weighted by Gasteiger charge is -2.25. The zero-order valence-electron chi connectivity index (χ0n) is 7.68. The minimum absolute atomic E-state index is 0.376. The van der Waals surface area contributed by atoms with Crippen molar-refractivity contribution in [1.82, 2.24) is 0 Å². The van der Waals surface area contributed by atoms with E-state index in [1.54, 1.807) is 0 Å². The Hall–Kier alpha value is 0.0200. The second kappa shape index (κ2) is 3.61. The van der Waals surface area contributed by atoms with E-state index in [0.717, 1.165) is 6.54 Å². The number of aliphatic imine (C=N–C) groups is 1. The summed E-state index contributed by atoms with van der Waals surface area (Å²) in [4.78, 5) is 4.53. The molecule has 0 bridgehead atoms. The van der Waals surface area contributed by atoms with Crippen LogP contribution in [0, 0.1) is 5.41 Å². The van der Waals surface area contributed by atoms with Gasteiger partial charge in [-0.15, -0.1) is 11.8 Å². The lowest BCUT2D eigenvalue weighted by atomic mass is 9.86. The van der Waals surface area contributed by atoms with Crippen molar-refractivity contribution in [3.8, 4) is 0 Å². The van der Waals surface area contributed by atoms with E-state index in [2.05, 4.69) is 25.8 Å². The molecule has 0 aromatic rings. The maximum atomic E-state index is 4.53. The normalized spacial score (nSPS) is 18.6. The first kappa shape index (κ1) is 9.11. The van der Waals surface area contributed by atoms with E-state index in [9.17, 15) is 0 Å². The fourth-order valence-corrected chi connectivity index (χ4v) is 2.45. The number of hydrogen-bond donors (Lipinski definition) is 0. The quantitative estimate of drug-likeness (QED) is 0.636. The van der Waals surface area contributed by atoms with Gasteiger partial charge < -0.3 is 0 Å². The lowest BCUT2D eigenvalue weighted by Crippen LogP contribution is -2.22. The van der Waals surface area contributed by atoms with Gasteiger partial charge in [0.1, 0.15) is 0 Å². The van der Waals surface area contributed by atoms with Gasteiger partial charge >= 0.3 is 0 Å². The van der Waals surface area contributed by atoms with Crippen LogP contribution in [-0.4, -0.2) is 17.3 Å². The van der Waals surface area contributed by atoms with E-state index in [1.807, 2.05) is 11.8 Å². The topological polar surface area (TPSA) is 12.4 Å². The fraction of sp³-hybridized carbons (Fsp3) is 0.889. The third kappa shape index (κ3) is 1.78. The molecule has 1 aliphatic heterocycles. The molecule has 0 aromatic heterocycles. The molecule has 0 aliphatic carbocycles. The molecule has 0 saturated heterocycles. The highest BCUT2D eigenvalue weighted by Gasteiger charge is 2.28. The summed E-state index contributed by atoms with van der Waals surface area (Å²) in [5, 5.41) is 1.39. The van der Waals surface area contributed by atoms with Crippen LogP contribution in [0.1, 0.15) is 33.6 Å². The number of hydrogen-bond acceptors (Lipinski definition) is 2.